The third kappa shape index (κ3) is 11.3. The van der Waals surface area contributed by atoms with E-state index in [4.69, 9.17) is 0 Å². The minimum absolute atomic E-state index is 0. The molecule has 0 aliphatic heterocycles. The number of guanidine groups is 1. The molecule has 27 heavy (non-hydrogen) atoms. The fourth-order valence-electron chi connectivity index (χ4n) is 2.74. The van der Waals surface area contributed by atoms with E-state index in [9.17, 15) is 13.9 Å². The maximum absolute atomic E-state index is 12.5. The van der Waals surface area contributed by atoms with Crippen LogP contribution < -0.4 is 15.4 Å². The van der Waals surface area contributed by atoms with Gasteiger partial charge >= 0.3 is 6.61 Å². The van der Waals surface area contributed by atoms with Crippen LogP contribution in [-0.2, 0) is 6.54 Å². The first-order valence-corrected chi connectivity index (χ1v) is 9.12. The molecular weight excluding hydrogens is 467 g/mol. The number of aliphatic hydroxyl groups excluding tert-OH is 1. The van der Waals surface area contributed by atoms with Gasteiger partial charge in [0.25, 0.3) is 0 Å². The number of nitrogens with one attached hydrogen (secondary N) is 2. The lowest BCUT2D eigenvalue weighted by atomic mass is 9.94. The molecule has 1 unspecified atom stereocenters. The van der Waals surface area contributed by atoms with Gasteiger partial charge in [0.05, 0.1) is 6.54 Å². The Balaban J connectivity index is 0.00000676. The van der Waals surface area contributed by atoms with Gasteiger partial charge in [-0.25, -0.2) is 4.99 Å². The summed E-state index contributed by atoms with van der Waals surface area (Å²) in [6, 6.07) is 6.65. The van der Waals surface area contributed by atoms with E-state index in [1.165, 1.54) is 6.07 Å². The summed E-state index contributed by atoms with van der Waals surface area (Å²) < 4.78 is 29.5. The van der Waals surface area contributed by atoms with Gasteiger partial charge in [0.1, 0.15) is 5.75 Å². The number of benzene rings is 1. The molecule has 0 fully saturated rings. The fraction of sp³-hybridized carbons (Fsp3) is 0.632. The molecular formula is C19H32F2IN3O2. The Morgan fingerprint density at radius 2 is 1.93 bits per heavy atom. The van der Waals surface area contributed by atoms with Crippen molar-refractivity contribution in [2.75, 3.05) is 19.7 Å². The third-order valence-corrected chi connectivity index (χ3v) is 3.84. The summed E-state index contributed by atoms with van der Waals surface area (Å²) in [5.74, 6) is 1.65. The van der Waals surface area contributed by atoms with Crippen molar-refractivity contribution in [3.63, 3.8) is 0 Å². The Labute approximate surface area is 178 Å². The van der Waals surface area contributed by atoms with Crippen molar-refractivity contribution in [2.24, 2.45) is 16.8 Å². The molecule has 8 heteroatoms. The van der Waals surface area contributed by atoms with E-state index in [1.807, 2.05) is 6.92 Å². The summed E-state index contributed by atoms with van der Waals surface area (Å²) in [6.07, 6.45) is 1.74. The van der Waals surface area contributed by atoms with E-state index in [0.29, 0.717) is 36.4 Å². The Kier molecular flexibility index (Phi) is 14.2. The van der Waals surface area contributed by atoms with Gasteiger partial charge in [0, 0.05) is 25.3 Å². The number of halogens is 3. The van der Waals surface area contributed by atoms with Crippen LogP contribution in [0.25, 0.3) is 0 Å². The van der Waals surface area contributed by atoms with Crippen LogP contribution in [-0.4, -0.2) is 37.4 Å². The van der Waals surface area contributed by atoms with Gasteiger partial charge in [0.15, 0.2) is 5.96 Å². The second kappa shape index (κ2) is 14.8. The van der Waals surface area contributed by atoms with Crippen LogP contribution in [0.15, 0.2) is 29.3 Å². The quantitative estimate of drug-likeness (QED) is 0.245. The topological polar surface area (TPSA) is 65.9 Å². The standard InChI is InChI=1S/C19H31F2N3O2.HI/c1-4-22-19(23-12-15(9-10-25)11-14(2)3)24-13-16-7-5-6-8-17(16)26-18(20)21;/h5-8,14-15,18,25H,4,9-13H2,1-3H3,(H2,22,23,24);1H. The highest BCUT2D eigenvalue weighted by molar-refractivity contribution is 14.0. The Morgan fingerprint density at radius 3 is 2.52 bits per heavy atom. The molecule has 5 nitrogen and oxygen atoms in total. The van der Waals surface area contributed by atoms with E-state index >= 15 is 0 Å². The number of aliphatic imine (C=N–C) groups is 1. The van der Waals surface area contributed by atoms with E-state index in [0.717, 1.165) is 12.8 Å². The predicted octanol–water partition coefficient (Wildman–Crippen LogP) is 4.01. The highest BCUT2D eigenvalue weighted by Crippen LogP contribution is 2.21. The molecule has 0 bridgehead atoms. The highest BCUT2D eigenvalue weighted by atomic mass is 127. The molecule has 0 saturated carbocycles. The van der Waals surface area contributed by atoms with Crippen LogP contribution in [0, 0.1) is 11.8 Å². The first-order chi connectivity index (χ1) is 12.5. The van der Waals surface area contributed by atoms with Crippen molar-refractivity contribution < 1.29 is 18.6 Å². The molecule has 0 saturated heterocycles. The van der Waals surface area contributed by atoms with Crippen molar-refractivity contribution in [3.8, 4) is 5.75 Å². The van der Waals surface area contributed by atoms with E-state index < -0.39 is 6.61 Å². The molecule has 0 aromatic heterocycles. The first-order valence-electron chi connectivity index (χ1n) is 9.12. The minimum atomic E-state index is -2.86. The average Bonchev–Trinajstić information content (AvgIpc) is 2.57. The maximum Gasteiger partial charge on any atom is 0.387 e. The summed E-state index contributed by atoms with van der Waals surface area (Å²) in [6.45, 7) is 5.19. The molecule has 1 aromatic rings. The second-order valence-electron chi connectivity index (χ2n) is 6.57. The number of para-hydroxylation sites is 1. The van der Waals surface area contributed by atoms with Gasteiger partial charge in [0.2, 0.25) is 0 Å². The van der Waals surface area contributed by atoms with Crippen LogP contribution in [0.5, 0.6) is 5.75 Å². The molecule has 0 spiro atoms. The zero-order valence-corrected chi connectivity index (χ0v) is 18.6. The maximum atomic E-state index is 12.5. The number of alkyl halides is 2. The molecule has 0 amide bonds. The minimum Gasteiger partial charge on any atom is -0.434 e. The molecule has 1 aromatic carbocycles. The zero-order valence-electron chi connectivity index (χ0n) is 16.3. The summed E-state index contributed by atoms with van der Waals surface area (Å²) in [5, 5.41) is 15.7. The summed E-state index contributed by atoms with van der Waals surface area (Å²) in [5.41, 5.74) is 0.596. The zero-order chi connectivity index (χ0) is 19.4. The molecule has 0 radical (unpaired) electrons. The normalized spacial score (nSPS) is 12.7. The van der Waals surface area contributed by atoms with Crippen molar-refractivity contribution in [2.45, 2.75) is 46.8 Å². The van der Waals surface area contributed by atoms with Crippen molar-refractivity contribution >= 4 is 29.9 Å². The van der Waals surface area contributed by atoms with Gasteiger partial charge in [-0.15, -0.1) is 24.0 Å². The summed E-state index contributed by atoms with van der Waals surface area (Å²) in [4.78, 5) is 4.47. The first kappa shape index (κ1) is 25.8. The highest BCUT2D eigenvalue weighted by Gasteiger charge is 2.12. The molecule has 0 aliphatic rings. The van der Waals surface area contributed by atoms with Crippen LogP contribution in [0.2, 0.25) is 0 Å². The molecule has 0 aliphatic carbocycles. The van der Waals surface area contributed by atoms with E-state index in [1.54, 1.807) is 18.2 Å². The molecule has 0 heterocycles. The van der Waals surface area contributed by atoms with Gasteiger partial charge in [-0.2, -0.15) is 8.78 Å². The van der Waals surface area contributed by atoms with Gasteiger partial charge in [-0.1, -0.05) is 32.0 Å². The largest absolute Gasteiger partial charge is 0.434 e. The second-order valence-corrected chi connectivity index (χ2v) is 6.57. The summed E-state index contributed by atoms with van der Waals surface area (Å²) >= 11 is 0. The third-order valence-electron chi connectivity index (χ3n) is 3.84. The summed E-state index contributed by atoms with van der Waals surface area (Å²) in [7, 11) is 0. The SMILES string of the molecule is CCNC(=NCc1ccccc1OC(F)F)NCC(CCO)CC(C)C.I. The average molecular weight is 499 g/mol. The van der Waals surface area contributed by atoms with Crippen LogP contribution >= 0.6 is 24.0 Å². The Morgan fingerprint density at radius 1 is 1.22 bits per heavy atom. The van der Waals surface area contributed by atoms with Crippen LogP contribution in [0.3, 0.4) is 0 Å². The number of aliphatic hydroxyl groups is 1. The van der Waals surface area contributed by atoms with Crippen molar-refractivity contribution in [3.05, 3.63) is 29.8 Å². The van der Waals surface area contributed by atoms with Crippen molar-refractivity contribution in [1.29, 1.82) is 0 Å². The molecule has 1 rings (SSSR count). The van der Waals surface area contributed by atoms with E-state index in [2.05, 4.69) is 34.2 Å². The van der Waals surface area contributed by atoms with Crippen LogP contribution in [0.4, 0.5) is 8.78 Å². The molecule has 1 atom stereocenters. The molecule has 156 valence electrons. The Bertz CT molecular complexity index is 545. The predicted molar refractivity (Wildman–Crippen MR) is 116 cm³/mol. The molecule has 3 N–H and O–H groups in total. The smallest absolute Gasteiger partial charge is 0.387 e. The van der Waals surface area contributed by atoms with E-state index in [-0.39, 0.29) is 42.9 Å². The van der Waals surface area contributed by atoms with Gasteiger partial charge in [-0.05, 0) is 37.7 Å². The lowest BCUT2D eigenvalue weighted by Gasteiger charge is -2.20. The van der Waals surface area contributed by atoms with Gasteiger partial charge in [-0.3, -0.25) is 0 Å². The lowest BCUT2D eigenvalue weighted by Crippen LogP contribution is -2.40. The number of hydrogen-bond donors (Lipinski definition) is 3. The van der Waals surface area contributed by atoms with Crippen LogP contribution in [0.1, 0.15) is 39.2 Å². The Hall–Kier alpha value is -1.16. The number of hydrogen-bond acceptors (Lipinski definition) is 3. The van der Waals surface area contributed by atoms with Crippen molar-refractivity contribution in [1.82, 2.24) is 10.6 Å². The number of rotatable bonds is 11. The monoisotopic (exact) mass is 499 g/mol. The van der Waals surface area contributed by atoms with Gasteiger partial charge < -0.3 is 20.5 Å². The number of nitrogens with zero attached hydrogens (tertiary/aromatic N) is 1. The lowest BCUT2D eigenvalue weighted by molar-refractivity contribution is -0.0504. The fourth-order valence-corrected chi connectivity index (χ4v) is 2.74. The number of ether oxygens (including phenoxy) is 1.